The number of nitrogens with one attached hydrogen (secondary N) is 1. The minimum Gasteiger partial charge on any atom is -0.336 e. The second-order valence-electron chi connectivity index (χ2n) is 5.61. The maximum atomic E-state index is 12.7. The summed E-state index contributed by atoms with van der Waals surface area (Å²) in [6.45, 7) is 4.69. The zero-order valence-electron chi connectivity index (χ0n) is 13.7. The van der Waals surface area contributed by atoms with Crippen LogP contribution in [0.2, 0.25) is 0 Å². The van der Waals surface area contributed by atoms with E-state index in [2.05, 4.69) is 15.6 Å². The van der Waals surface area contributed by atoms with Gasteiger partial charge in [-0.15, -0.1) is 17.5 Å². The van der Waals surface area contributed by atoms with Gasteiger partial charge in [0.15, 0.2) is 5.69 Å². The summed E-state index contributed by atoms with van der Waals surface area (Å²) in [5, 5.41) is 22.2. The molecule has 2 heterocycles. The van der Waals surface area contributed by atoms with Crippen molar-refractivity contribution in [2.24, 2.45) is 0 Å². The second kappa shape index (κ2) is 8.04. The summed E-state index contributed by atoms with van der Waals surface area (Å²) in [5.41, 5.74) is 1.32. The summed E-state index contributed by atoms with van der Waals surface area (Å²) in [6.07, 6.45) is 0.893. The lowest BCUT2D eigenvalue weighted by Gasteiger charge is -2.18. The number of carbonyl (C=O) groups is 1. The summed E-state index contributed by atoms with van der Waals surface area (Å²) in [6, 6.07) is 6.09. The highest BCUT2D eigenvalue weighted by molar-refractivity contribution is 5.93. The SMILES string of the molecule is Cc1c(C(=O)N2CCCNCC2)nnn1-c1cccc([N+](=O)[O-])c1.Cl. The first kappa shape index (κ1) is 18.8. The van der Waals surface area contributed by atoms with Crippen molar-refractivity contribution in [1.29, 1.82) is 0 Å². The van der Waals surface area contributed by atoms with E-state index in [0.717, 1.165) is 19.5 Å². The number of benzene rings is 1. The van der Waals surface area contributed by atoms with Crippen molar-refractivity contribution in [3.8, 4) is 5.69 Å². The Kier molecular flexibility index (Phi) is 6.05. The molecule has 1 aliphatic rings. The zero-order chi connectivity index (χ0) is 17.1. The van der Waals surface area contributed by atoms with Crippen LogP contribution in [0.1, 0.15) is 22.6 Å². The normalized spacial score (nSPS) is 14.5. The molecule has 1 aromatic heterocycles. The molecule has 10 heteroatoms. The molecule has 25 heavy (non-hydrogen) atoms. The third kappa shape index (κ3) is 3.94. The van der Waals surface area contributed by atoms with Gasteiger partial charge in [-0.3, -0.25) is 14.9 Å². The number of hydrogen-bond donors (Lipinski definition) is 1. The Labute approximate surface area is 150 Å². The number of amides is 1. The standard InChI is InChI=1S/C15H18N6O3.ClH/c1-11-14(15(22)19-8-3-6-16-7-9-19)17-18-20(11)12-4-2-5-13(10-12)21(23)24;/h2,4-5,10,16H,3,6-9H2,1H3;1H. The Morgan fingerprint density at radius 3 is 2.88 bits per heavy atom. The molecule has 2 aromatic rings. The van der Waals surface area contributed by atoms with Crippen LogP contribution in [0.5, 0.6) is 0 Å². The first-order valence-electron chi connectivity index (χ1n) is 7.75. The molecule has 1 aliphatic heterocycles. The van der Waals surface area contributed by atoms with Crippen molar-refractivity contribution < 1.29 is 9.72 Å². The maximum absolute atomic E-state index is 12.7. The van der Waals surface area contributed by atoms with E-state index < -0.39 is 4.92 Å². The Morgan fingerprint density at radius 1 is 1.32 bits per heavy atom. The molecule has 9 nitrogen and oxygen atoms in total. The Balaban J connectivity index is 0.00000225. The zero-order valence-corrected chi connectivity index (χ0v) is 14.5. The third-order valence-electron chi connectivity index (χ3n) is 4.01. The first-order valence-corrected chi connectivity index (χ1v) is 7.75. The molecule has 1 fully saturated rings. The van der Waals surface area contributed by atoms with Crippen LogP contribution in [0.25, 0.3) is 5.69 Å². The fourth-order valence-electron chi connectivity index (χ4n) is 2.71. The number of hydrogen-bond acceptors (Lipinski definition) is 6. The van der Waals surface area contributed by atoms with Crippen LogP contribution in [0.4, 0.5) is 5.69 Å². The van der Waals surface area contributed by atoms with Crippen molar-refractivity contribution in [2.45, 2.75) is 13.3 Å². The minimum absolute atomic E-state index is 0. The molecule has 3 rings (SSSR count). The summed E-state index contributed by atoms with van der Waals surface area (Å²) in [4.78, 5) is 24.9. The highest BCUT2D eigenvalue weighted by atomic mass is 35.5. The number of rotatable bonds is 3. The molecule has 1 amide bonds. The second-order valence-corrected chi connectivity index (χ2v) is 5.61. The van der Waals surface area contributed by atoms with Crippen LogP contribution < -0.4 is 5.32 Å². The molecule has 0 atom stereocenters. The minimum atomic E-state index is -0.466. The molecule has 0 aliphatic carbocycles. The number of nitro benzene ring substituents is 1. The number of nitrogens with zero attached hydrogens (tertiary/aromatic N) is 5. The van der Waals surface area contributed by atoms with E-state index in [1.54, 1.807) is 24.0 Å². The molecular weight excluding hydrogens is 348 g/mol. The van der Waals surface area contributed by atoms with E-state index in [1.165, 1.54) is 16.8 Å². The number of aromatic nitrogens is 3. The van der Waals surface area contributed by atoms with Crippen LogP contribution in [-0.2, 0) is 0 Å². The van der Waals surface area contributed by atoms with Gasteiger partial charge in [0.25, 0.3) is 11.6 Å². The van der Waals surface area contributed by atoms with Gasteiger partial charge in [0.2, 0.25) is 0 Å². The average Bonchev–Trinajstić information content (AvgIpc) is 2.79. The van der Waals surface area contributed by atoms with Gasteiger partial charge in [0, 0.05) is 31.8 Å². The van der Waals surface area contributed by atoms with Gasteiger partial charge in [-0.1, -0.05) is 11.3 Å². The van der Waals surface area contributed by atoms with E-state index >= 15 is 0 Å². The van der Waals surface area contributed by atoms with Gasteiger partial charge in [0.05, 0.1) is 16.3 Å². The highest BCUT2D eigenvalue weighted by Crippen LogP contribution is 2.19. The molecule has 1 aromatic carbocycles. The number of carbonyl (C=O) groups excluding carboxylic acids is 1. The lowest BCUT2D eigenvalue weighted by atomic mass is 10.2. The van der Waals surface area contributed by atoms with Crippen molar-refractivity contribution in [3.05, 3.63) is 45.8 Å². The van der Waals surface area contributed by atoms with E-state index in [4.69, 9.17) is 0 Å². The van der Waals surface area contributed by atoms with Crippen molar-refractivity contribution in [3.63, 3.8) is 0 Å². The average molecular weight is 367 g/mol. The van der Waals surface area contributed by atoms with Crippen LogP contribution >= 0.6 is 12.4 Å². The van der Waals surface area contributed by atoms with Gasteiger partial charge in [-0.2, -0.15) is 0 Å². The number of nitro groups is 1. The van der Waals surface area contributed by atoms with Crippen LogP contribution in [0.15, 0.2) is 24.3 Å². The van der Waals surface area contributed by atoms with Gasteiger partial charge >= 0.3 is 0 Å². The van der Waals surface area contributed by atoms with E-state index in [-0.39, 0.29) is 29.7 Å². The smallest absolute Gasteiger partial charge is 0.276 e. The summed E-state index contributed by atoms with van der Waals surface area (Å²) < 4.78 is 1.45. The van der Waals surface area contributed by atoms with Crippen molar-refractivity contribution in [1.82, 2.24) is 25.2 Å². The van der Waals surface area contributed by atoms with Crippen molar-refractivity contribution in [2.75, 3.05) is 26.2 Å². The Morgan fingerprint density at radius 2 is 2.12 bits per heavy atom. The number of non-ortho nitro benzene ring substituents is 1. The lowest BCUT2D eigenvalue weighted by molar-refractivity contribution is -0.384. The Hall–Kier alpha value is -2.52. The summed E-state index contributed by atoms with van der Waals surface area (Å²) in [7, 11) is 0. The molecule has 0 radical (unpaired) electrons. The fourth-order valence-corrected chi connectivity index (χ4v) is 2.71. The van der Waals surface area contributed by atoms with Gasteiger partial charge in [0.1, 0.15) is 0 Å². The molecule has 134 valence electrons. The molecule has 1 N–H and O–H groups in total. The lowest BCUT2D eigenvalue weighted by Crippen LogP contribution is -2.34. The number of halogens is 1. The van der Waals surface area contributed by atoms with Gasteiger partial charge < -0.3 is 10.2 Å². The molecule has 0 saturated carbocycles. The maximum Gasteiger partial charge on any atom is 0.276 e. The highest BCUT2D eigenvalue weighted by Gasteiger charge is 2.24. The molecular formula is C15H19ClN6O3. The first-order chi connectivity index (χ1) is 11.6. The van der Waals surface area contributed by atoms with Gasteiger partial charge in [-0.25, -0.2) is 4.68 Å². The van der Waals surface area contributed by atoms with Crippen LogP contribution in [0.3, 0.4) is 0 Å². The summed E-state index contributed by atoms with van der Waals surface area (Å²) in [5.74, 6) is -0.159. The quantitative estimate of drug-likeness (QED) is 0.649. The predicted octanol–water partition coefficient (Wildman–Crippen LogP) is 1.34. The molecule has 0 bridgehead atoms. The van der Waals surface area contributed by atoms with E-state index in [1.807, 2.05) is 0 Å². The van der Waals surface area contributed by atoms with Crippen LogP contribution in [0, 0.1) is 17.0 Å². The monoisotopic (exact) mass is 366 g/mol. The molecule has 0 unspecified atom stereocenters. The largest absolute Gasteiger partial charge is 0.336 e. The van der Waals surface area contributed by atoms with Crippen molar-refractivity contribution >= 4 is 24.0 Å². The molecule has 0 spiro atoms. The van der Waals surface area contributed by atoms with Gasteiger partial charge in [-0.05, 0) is 26.0 Å². The Bertz CT molecular complexity index is 770. The van der Waals surface area contributed by atoms with E-state index in [0.29, 0.717) is 24.5 Å². The fraction of sp³-hybridized carbons (Fsp3) is 0.400. The van der Waals surface area contributed by atoms with Crippen LogP contribution in [-0.4, -0.2) is 56.9 Å². The molecule has 1 saturated heterocycles. The topological polar surface area (TPSA) is 106 Å². The third-order valence-corrected chi connectivity index (χ3v) is 4.01. The summed E-state index contributed by atoms with van der Waals surface area (Å²) >= 11 is 0. The predicted molar refractivity (Wildman–Crippen MR) is 93.4 cm³/mol. The van der Waals surface area contributed by atoms with E-state index in [9.17, 15) is 14.9 Å².